The quantitative estimate of drug-likeness (QED) is 0.190. The Morgan fingerprint density at radius 1 is 1.62 bits per heavy atom. The number of rotatable bonds is 2. The van der Waals surface area contributed by atoms with Crippen LogP contribution in [0, 0.1) is 0 Å². The van der Waals surface area contributed by atoms with Crippen molar-refractivity contribution in [2.45, 2.75) is 13.8 Å². The number of hydrogen-bond donors (Lipinski definition) is 1. The van der Waals surface area contributed by atoms with Crippen molar-refractivity contribution < 1.29 is 4.74 Å². The highest BCUT2D eigenvalue weighted by atomic mass is 16.5. The molecule has 0 aliphatic carbocycles. The third-order valence-electron chi connectivity index (χ3n) is 0.425. The first-order valence-electron chi connectivity index (χ1n) is 2.28. The molecule has 0 spiro atoms. The number of ether oxygens (including phenoxy) is 1. The van der Waals surface area contributed by atoms with Gasteiger partial charge in [-0.25, -0.2) is 0 Å². The van der Waals surface area contributed by atoms with E-state index in [-0.39, 0.29) is 0 Å². The summed E-state index contributed by atoms with van der Waals surface area (Å²) in [6.07, 6.45) is 2.74. The van der Waals surface area contributed by atoms with Crippen LogP contribution in [0.4, 0.5) is 0 Å². The Morgan fingerprint density at radius 2 is 2.25 bits per heavy atom. The van der Waals surface area contributed by atoms with Gasteiger partial charge >= 0.3 is 0 Å². The van der Waals surface area contributed by atoms with Crippen molar-refractivity contribution in [2.75, 3.05) is 0 Å². The molecule has 8 heavy (non-hydrogen) atoms. The molecule has 0 rings (SSSR count). The highest BCUT2D eigenvalue weighted by molar-refractivity contribution is 5.46. The van der Waals surface area contributed by atoms with Gasteiger partial charge in [-0.1, -0.05) is 0 Å². The van der Waals surface area contributed by atoms with Crippen LogP contribution < -0.4 is 5.84 Å². The highest BCUT2D eigenvalue weighted by Crippen LogP contribution is 1.85. The third kappa shape index (κ3) is 5.01. The molecule has 3 nitrogen and oxygen atoms in total. The summed E-state index contributed by atoms with van der Waals surface area (Å²) in [5.41, 5.74) is 1.07. The second-order valence-corrected chi connectivity index (χ2v) is 1.59. The SMILES string of the molecule is CC(C)=CO/C=N\N. The van der Waals surface area contributed by atoms with Crippen LogP contribution in [-0.2, 0) is 4.74 Å². The number of hydrazone groups is 1. The Bertz CT molecular complexity index is 103. The smallest absolute Gasteiger partial charge is 0.197 e. The second kappa shape index (κ2) is 4.18. The first kappa shape index (κ1) is 7.01. The predicted octanol–water partition coefficient (Wildman–Crippen LogP) is 0.829. The van der Waals surface area contributed by atoms with Gasteiger partial charge in [0.05, 0.1) is 6.26 Å². The third-order valence-corrected chi connectivity index (χ3v) is 0.425. The average molecular weight is 114 g/mol. The van der Waals surface area contributed by atoms with Gasteiger partial charge in [0, 0.05) is 0 Å². The van der Waals surface area contributed by atoms with E-state index < -0.39 is 0 Å². The van der Waals surface area contributed by atoms with Crippen molar-refractivity contribution in [2.24, 2.45) is 10.9 Å². The van der Waals surface area contributed by atoms with Crippen molar-refractivity contribution in [3.8, 4) is 0 Å². The van der Waals surface area contributed by atoms with Crippen LogP contribution in [-0.4, -0.2) is 6.40 Å². The molecule has 0 aromatic carbocycles. The molecule has 0 aliphatic rings. The summed E-state index contributed by atoms with van der Waals surface area (Å²) in [6.45, 7) is 3.84. The zero-order valence-corrected chi connectivity index (χ0v) is 5.09. The molecule has 0 radical (unpaired) electrons. The second-order valence-electron chi connectivity index (χ2n) is 1.59. The van der Waals surface area contributed by atoms with Crippen molar-refractivity contribution in [1.29, 1.82) is 0 Å². The summed E-state index contributed by atoms with van der Waals surface area (Å²) in [6, 6.07) is 0. The minimum absolute atomic E-state index is 1.07. The molecule has 46 valence electrons. The first-order chi connectivity index (χ1) is 3.77. The molecule has 0 saturated heterocycles. The summed E-state index contributed by atoms with van der Waals surface area (Å²) in [7, 11) is 0. The van der Waals surface area contributed by atoms with E-state index in [0.717, 1.165) is 5.57 Å². The van der Waals surface area contributed by atoms with Gasteiger partial charge in [0.25, 0.3) is 0 Å². The molecule has 0 saturated carbocycles. The maximum absolute atomic E-state index is 4.73. The number of allylic oxidation sites excluding steroid dienone is 1. The Kier molecular flexibility index (Phi) is 3.66. The van der Waals surface area contributed by atoms with E-state index in [1.165, 1.54) is 6.40 Å². The average Bonchev–Trinajstić information content (AvgIpc) is 1.66. The summed E-state index contributed by atoms with van der Waals surface area (Å²) in [5.74, 6) is 4.73. The molecule has 0 aromatic heterocycles. The lowest BCUT2D eigenvalue weighted by Gasteiger charge is -1.86. The van der Waals surface area contributed by atoms with Crippen LogP contribution >= 0.6 is 0 Å². The molecular formula is C5H10N2O. The normalized spacial score (nSPS) is 9.25. The monoisotopic (exact) mass is 114 g/mol. The maximum atomic E-state index is 4.73. The van der Waals surface area contributed by atoms with E-state index >= 15 is 0 Å². The van der Waals surface area contributed by atoms with Gasteiger partial charge in [0.1, 0.15) is 0 Å². The molecule has 2 N–H and O–H groups in total. The van der Waals surface area contributed by atoms with E-state index in [4.69, 9.17) is 5.84 Å². The van der Waals surface area contributed by atoms with Gasteiger partial charge < -0.3 is 10.6 Å². The van der Waals surface area contributed by atoms with E-state index in [1.54, 1.807) is 6.26 Å². The van der Waals surface area contributed by atoms with Gasteiger partial charge in [0.15, 0.2) is 6.40 Å². The van der Waals surface area contributed by atoms with Crippen molar-refractivity contribution >= 4 is 6.40 Å². The maximum Gasteiger partial charge on any atom is 0.197 e. The van der Waals surface area contributed by atoms with Crippen molar-refractivity contribution in [3.63, 3.8) is 0 Å². The van der Waals surface area contributed by atoms with E-state index in [1.807, 2.05) is 13.8 Å². The van der Waals surface area contributed by atoms with Crippen LogP contribution in [0.2, 0.25) is 0 Å². The van der Waals surface area contributed by atoms with E-state index in [9.17, 15) is 0 Å². The fraction of sp³-hybridized carbons (Fsp3) is 0.400. The van der Waals surface area contributed by atoms with Crippen LogP contribution in [0.5, 0.6) is 0 Å². The number of nitrogens with zero attached hydrogens (tertiary/aromatic N) is 1. The zero-order chi connectivity index (χ0) is 6.41. The molecule has 0 aliphatic heterocycles. The van der Waals surface area contributed by atoms with Gasteiger partial charge in [-0.2, -0.15) is 5.10 Å². The molecule has 0 aromatic rings. The molecule has 0 atom stereocenters. The standard InChI is InChI=1S/C5H10N2O/c1-5(2)3-8-4-7-6/h3-4H,6H2,1-2H3/b7-4-. The molecule has 0 fully saturated rings. The first-order valence-corrected chi connectivity index (χ1v) is 2.28. The molecular weight excluding hydrogens is 104 g/mol. The molecule has 3 heteroatoms. The van der Waals surface area contributed by atoms with Crippen molar-refractivity contribution in [3.05, 3.63) is 11.8 Å². The topological polar surface area (TPSA) is 47.6 Å². The zero-order valence-electron chi connectivity index (χ0n) is 5.09. The Balaban J connectivity index is 3.30. The minimum atomic E-state index is 1.07. The summed E-state index contributed by atoms with van der Waals surface area (Å²) < 4.78 is 4.67. The van der Waals surface area contributed by atoms with E-state index in [0.29, 0.717) is 0 Å². The fourth-order valence-corrected chi connectivity index (χ4v) is 0.202. The van der Waals surface area contributed by atoms with Crippen LogP contribution in [0.3, 0.4) is 0 Å². The summed E-state index contributed by atoms with van der Waals surface area (Å²) >= 11 is 0. The lowest BCUT2D eigenvalue weighted by atomic mass is 10.4. The van der Waals surface area contributed by atoms with Crippen LogP contribution in [0.1, 0.15) is 13.8 Å². The molecule has 0 amide bonds. The number of nitrogens with two attached hydrogens (primary N) is 1. The van der Waals surface area contributed by atoms with Crippen molar-refractivity contribution in [1.82, 2.24) is 0 Å². The Morgan fingerprint density at radius 3 is 2.62 bits per heavy atom. The Labute approximate surface area is 48.8 Å². The Hall–Kier alpha value is -0.990. The lowest BCUT2D eigenvalue weighted by molar-refractivity contribution is 0.485. The van der Waals surface area contributed by atoms with Gasteiger partial charge in [-0.3, -0.25) is 0 Å². The predicted molar refractivity (Wildman–Crippen MR) is 33.2 cm³/mol. The largest absolute Gasteiger partial charge is 0.452 e. The van der Waals surface area contributed by atoms with E-state index in [2.05, 4.69) is 9.84 Å². The van der Waals surface area contributed by atoms with Gasteiger partial charge in [0.2, 0.25) is 0 Å². The summed E-state index contributed by atoms with van der Waals surface area (Å²) in [4.78, 5) is 0. The van der Waals surface area contributed by atoms with Crippen LogP contribution in [0.25, 0.3) is 0 Å². The summed E-state index contributed by atoms with van der Waals surface area (Å²) in [5, 5.41) is 3.12. The van der Waals surface area contributed by atoms with Gasteiger partial charge in [-0.05, 0) is 19.4 Å². The molecule has 0 heterocycles. The highest BCUT2D eigenvalue weighted by Gasteiger charge is 1.71. The van der Waals surface area contributed by atoms with Gasteiger partial charge in [-0.15, -0.1) is 0 Å². The molecule has 0 unspecified atom stereocenters. The fourth-order valence-electron chi connectivity index (χ4n) is 0.202. The number of hydrogen-bond acceptors (Lipinski definition) is 3. The lowest BCUT2D eigenvalue weighted by Crippen LogP contribution is -1.83. The minimum Gasteiger partial charge on any atom is -0.452 e. The van der Waals surface area contributed by atoms with Crippen LogP contribution in [0.15, 0.2) is 16.9 Å². The molecule has 0 bridgehead atoms.